The first-order valence-electron chi connectivity index (χ1n) is 7.26. The molecule has 3 amide bonds. The van der Waals surface area contributed by atoms with E-state index in [4.69, 9.17) is 23.2 Å². The highest BCUT2D eigenvalue weighted by Crippen LogP contribution is 2.33. The first-order chi connectivity index (χ1) is 11.7. The van der Waals surface area contributed by atoms with E-state index < -0.39 is 29.1 Å². The van der Waals surface area contributed by atoms with Gasteiger partial charge in [-0.15, -0.1) is 0 Å². The molecule has 0 bridgehead atoms. The molecule has 1 saturated heterocycles. The summed E-state index contributed by atoms with van der Waals surface area (Å²) in [5.74, 6) is -2.20. The lowest BCUT2D eigenvalue weighted by Crippen LogP contribution is -2.41. The maximum absolute atomic E-state index is 14.1. The zero-order valence-corrected chi connectivity index (χ0v) is 14.5. The molecule has 0 aromatic heterocycles. The SMILES string of the molecule is CC1(c2cc(F)ccc2F)NC(=O)N(Cc2ccc(Cl)cc2Cl)C1=O. The summed E-state index contributed by atoms with van der Waals surface area (Å²) in [7, 11) is 0. The molecule has 25 heavy (non-hydrogen) atoms. The molecule has 4 nitrogen and oxygen atoms in total. The second-order valence-electron chi connectivity index (χ2n) is 5.81. The Morgan fingerprint density at radius 3 is 2.52 bits per heavy atom. The third-order valence-corrected chi connectivity index (χ3v) is 4.67. The molecule has 1 N–H and O–H groups in total. The fourth-order valence-electron chi connectivity index (χ4n) is 2.72. The maximum Gasteiger partial charge on any atom is 0.325 e. The second kappa shape index (κ2) is 6.28. The number of benzene rings is 2. The first kappa shape index (κ1) is 17.6. The van der Waals surface area contributed by atoms with Gasteiger partial charge in [-0.25, -0.2) is 13.6 Å². The third kappa shape index (κ3) is 3.07. The third-order valence-electron chi connectivity index (χ3n) is 4.09. The lowest BCUT2D eigenvalue weighted by Gasteiger charge is -2.23. The molecule has 130 valence electrons. The van der Waals surface area contributed by atoms with E-state index in [1.54, 1.807) is 12.1 Å². The Hall–Kier alpha value is -2.18. The molecule has 1 aliphatic rings. The van der Waals surface area contributed by atoms with Crippen molar-refractivity contribution in [2.45, 2.75) is 19.0 Å². The maximum atomic E-state index is 14.1. The summed E-state index contributed by atoms with van der Waals surface area (Å²) in [5, 5.41) is 3.13. The molecule has 0 spiro atoms. The van der Waals surface area contributed by atoms with Crippen LogP contribution >= 0.6 is 23.2 Å². The number of hydrogen-bond donors (Lipinski definition) is 1. The van der Waals surface area contributed by atoms with E-state index in [9.17, 15) is 18.4 Å². The van der Waals surface area contributed by atoms with Crippen molar-refractivity contribution in [2.75, 3.05) is 0 Å². The monoisotopic (exact) mass is 384 g/mol. The van der Waals surface area contributed by atoms with Gasteiger partial charge in [0, 0.05) is 15.6 Å². The average molecular weight is 385 g/mol. The van der Waals surface area contributed by atoms with Gasteiger partial charge in [-0.3, -0.25) is 9.69 Å². The summed E-state index contributed by atoms with van der Waals surface area (Å²) in [4.78, 5) is 25.9. The molecule has 3 rings (SSSR count). The molecular formula is C17H12Cl2F2N2O2. The van der Waals surface area contributed by atoms with E-state index in [-0.39, 0.29) is 12.1 Å². The molecule has 1 fully saturated rings. The van der Waals surface area contributed by atoms with E-state index >= 15 is 0 Å². The Labute approximate surface area is 152 Å². The van der Waals surface area contributed by atoms with Gasteiger partial charge in [0.05, 0.1) is 6.54 Å². The number of carbonyl (C=O) groups excluding carboxylic acids is 2. The Morgan fingerprint density at radius 1 is 1.12 bits per heavy atom. The van der Waals surface area contributed by atoms with Crippen molar-refractivity contribution >= 4 is 35.1 Å². The van der Waals surface area contributed by atoms with Crippen LogP contribution in [0, 0.1) is 11.6 Å². The van der Waals surface area contributed by atoms with Crippen molar-refractivity contribution < 1.29 is 18.4 Å². The highest BCUT2D eigenvalue weighted by atomic mass is 35.5. The van der Waals surface area contributed by atoms with Crippen LogP contribution < -0.4 is 5.32 Å². The molecule has 1 heterocycles. The van der Waals surface area contributed by atoms with Crippen LogP contribution in [-0.4, -0.2) is 16.8 Å². The van der Waals surface area contributed by atoms with Crippen molar-refractivity contribution in [1.29, 1.82) is 0 Å². The number of carbonyl (C=O) groups is 2. The minimum atomic E-state index is -1.71. The van der Waals surface area contributed by atoms with Crippen LogP contribution in [0.5, 0.6) is 0 Å². The number of halogens is 4. The minimum absolute atomic E-state index is 0.118. The molecule has 0 saturated carbocycles. The number of nitrogens with zero attached hydrogens (tertiary/aromatic N) is 1. The zero-order valence-electron chi connectivity index (χ0n) is 12.9. The van der Waals surface area contributed by atoms with Crippen LogP contribution in [-0.2, 0) is 16.9 Å². The first-order valence-corrected chi connectivity index (χ1v) is 8.01. The van der Waals surface area contributed by atoms with Gasteiger partial charge in [0.15, 0.2) is 0 Å². The van der Waals surface area contributed by atoms with Gasteiger partial charge in [-0.2, -0.15) is 0 Å². The summed E-state index contributed by atoms with van der Waals surface area (Å²) >= 11 is 11.9. The van der Waals surface area contributed by atoms with Crippen molar-refractivity contribution in [3.05, 3.63) is 69.2 Å². The quantitative estimate of drug-likeness (QED) is 0.804. The Kier molecular flexibility index (Phi) is 4.43. The number of nitrogens with one attached hydrogen (secondary N) is 1. The highest BCUT2D eigenvalue weighted by molar-refractivity contribution is 6.35. The van der Waals surface area contributed by atoms with E-state index in [1.807, 2.05) is 0 Å². The molecular weight excluding hydrogens is 373 g/mol. The van der Waals surface area contributed by atoms with Gasteiger partial charge >= 0.3 is 6.03 Å². The van der Waals surface area contributed by atoms with E-state index in [0.717, 1.165) is 23.1 Å². The van der Waals surface area contributed by atoms with E-state index in [1.165, 1.54) is 13.0 Å². The molecule has 1 atom stereocenters. The van der Waals surface area contributed by atoms with Crippen LogP contribution in [0.15, 0.2) is 36.4 Å². The summed E-state index contributed by atoms with van der Waals surface area (Å²) < 4.78 is 27.6. The Bertz CT molecular complexity index is 891. The molecule has 2 aromatic rings. The standard InChI is InChI=1S/C17H12Cl2F2N2O2/c1-17(12-7-11(20)4-5-14(12)21)15(24)23(16(25)22-17)8-9-2-3-10(18)6-13(9)19/h2-7H,8H2,1H3,(H,22,25). The van der Waals surface area contributed by atoms with Crippen molar-refractivity contribution in [3.63, 3.8) is 0 Å². The summed E-state index contributed by atoms with van der Waals surface area (Å²) in [5.41, 5.74) is -1.45. The molecule has 2 aromatic carbocycles. The number of rotatable bonds is 3. The number of amides is 3. The lowest BCUT2D eigenvalue weighted by molar-refractivity contribution is -0.131. The van der Waals surface area contributed by atoms with Crippen LogP contribution in [0.2, 0.25) is 10.0 Å². The Balaban J connectivity index is 1.95. The molecule has 8 heteroatoms. The van der Waals surface area contributed by atoms with Crippen molar-refractivity contribution in [2.24, 2.45) is 0 Å². The lowest BCUT2D eigenvalue weighted by atomic mass is 9.91. The molecule has 0 aliphatic carbocycles. The van der Waals surface area contributed by atoms with Gasteiger partial charge in [-0.05, 0) is 42.8 Å². The Morgan fingerprint density at radius 2 is 1.84 bits per heavy atom. The second-order valence-corrected chi connectivity index (χ2v) is 6.65. The number of imide groups is 1. The van der Waals surface area contributed by atoms with Crippen LogP contribution in [0.1, 0.15) is 18.1 Å². The van der Waals surface area contributed by atoms with Gasteiger partial charge in [0.1, 0.15) is 17.2 Å². The normalized spacial score (nSPS) is 20.1. The van der Waals surface area contributed by atoms with Crippen LogP contribution in [0.25, 0.3) is 0 Å². The summed E-state index contributed by atoms with van der Waals surface area (Å²) in [6.45, 7) is 1.21. The zero-order chi connectivity index (χ0) is 18.4. The number of urea groups is 1. The highest BCUT2D eigenvalue weighted by Gasteiger charge is 2.50. The minimum Gasteiger partial charge on any atom is -0.319 e. The van der Waals surface area contributed by atoms with E-state index in [2.05, 4.69) is 5.32 Å². The van der Waals surface area contributed by atoms with Gasteiger partial charge in [0.25, 0.3) is 5.91 Å². The smallest absolute Gasteiger partial charge is 0.319 e. The van der Waals surface area contributed by atoms with Crippen molar-refractivity contribution in [3.8, 4) is 0 Å². The summed E-state index contributed by atoms with van der Waals surface area (Å²) in [6.07, 6.45) is 0. The van der Waals surface area contributed by atoms with Crippen LogP contribution in [0.4, 0.5) is 13.6 Å². The van der Waals surface area contributed by atoms with Gasteiger partial charge < -0.3 is 5.32 Å². The fourth-order valence-corrected chi connectivity index (χ4v) is 3.19. The summed E-state index contributed by atoms with van der Waals surface area (Å²) in [6, 6.07) is 6.68. The van der Waals surface area contributed by atoms with Crippen LogP contribution in [0.3, 0.4) is 0 Å². The topological polar surface area (TPSA) is 49.4 Å². The predicted molar refractivity (Wildman–Crippen MR) is 89.3 cm³/mol. The predicted octanol–water partition coefficient (Wildman–Crippen LogP) is 4.24. The largest absolute Gasteiger partial charge is 0.325 e. The average Bonchev–Trinajstić information content (AvgIpc) is 2.76. The molecule has 1 unspecified atom stereocenters. The number of hydrogen-bond acceptors (Lipinski definition) is 2. The van der Waals surface area contributed by atoms with Gasteiger partial charge in [-0.1, -0.05) is 29.3 Å². The molecule has 1 aliphatic heterocycles. The van der Waals surface area contributed by atoms with Gasteiger partial charge in [0.2, 0.25) is 0 Å². The fraction of sp³-hybridized carbons (Fsp3) is 0.176. The van der Waals surface area contributed by atoms with Crippen molar-refractivity contribution in [1.82, 2.24) is 10.2 Å². The van der Waals surface area contributed by atoms with E-state index in [0.29, 0.717) is 15.6 Å². The molecule has 0 radical (unpaired) electrons.